The fraction of sp³-hybridized carbons (Fsp3) is 0. The summed E-state index contributed by atoms with van der Waals surface area (Å²) in [4.78, 5) is 0. The minimum absolute atomic E-state index is 1.19. The number of hydrogen-bond acceptors (Lipinski definition) is 0. The van der Waals surface area contributed by atoms with Gasteiger partial charge < -0.3 is 9.13 Å². The number of hydrogen-bond donors (Lipinski definition) is 0. The van der Waals surface area contributed by atoms with Crippen molar-refractivity contribution in [3.05, 3.63) is 121 Å². The van der Waals surface area contributed by atoms with Gasteiger partial charge in [-0.25, -0.2) is 0 Å². The van der Waals surface area contributed by atoms with Crippen LogP contribution in [0.25, 0.3) is 65.8 Å². The molecule has 0 amide bonds. The van der Waals surface area contributed by atoms with Crippen LogP contribution in [0.2, 0.25) is 0 Å². The minimum Gasteiger partial charge on any atom is -0.309 e. The zero-order chi connectivity index (χ0) is 22.2. The number of aromatic nitrogens is 2. The van der Waals surface area contributed by atoms with Crippen LogP contribution in [-0.2, 0) is 0 Å². The molecule has 2 aromatic heterocycles. The predicted octanol–water partition coefficient (Wildman–Crippen LogP) is 8.47. The van der Waals surface area contributed by atoms with Crippen LogP contribution >= 0.6 is 0 Å². The maximum Gasteiger partial charge on any atom is 0.0621 e. The first-order valence-corrected chi connectivity index (χ1v) is 11.7. The molecule has 0 saturated carbocycles. The molecular formula is C32H20N2. The topological polar surface area (TPSA) is 9.86 Å². The molecule has 0 saturated heterocycles. The van der Waals surface area contributed by atoms with Crippen LogP contribution in [0.5, 0.6) is 0 Å². The third-order valence-electron chi connectivity index (χ3n) is 7.24. The number of benzene rings is 6. The molecule has 0 fully saturated rings. The summed E-state index contributed by atoms with van der Waals surface area (Å²) in [6, 6.07) is 43.9. The highest BCUT2D eigenvalue weighted by molar-refractivity contribution is 6.32. The molecule has 0 aliphatic carbocycles. The Morgan fingerprint density at radius 2 is 1.06 bits per heavy atom. The van der Waals surface area contributed by atoms with Crippen LogP contribution in [0.1, 0.15) is 0 Å². The first-order chi connectivity index (χ1) is 16.9. The number of para-hydroxylation sites is 3. The van der Waals surface area contributed by atoms with Crippen molar-refractivity contribution >= 4 is 54.4 Å². The van der Waals surface area contributed by atoms with Gasteiger partial charge in [-0.15, -0.1) is 0 Å². The zero-order valence-electron chi connectivity index (χ0n) is 18.4. The molecule has 8 aromatic rings. The second kappa shape index (κ2) is 6.49. The van der Waals surface area contributed by atoms with Gasteiger partial charge in [0.25, 0.3) is 0 Å². The van der Waals surface area contributed by atoms with E-state index >= 15 is 0 Å². The van der Waals surface area contributed by atoms with E-state index in [1.54, 1.807) is 0 Å². The molecule has 2 heterocycles. The Hall–Kier alpha value is -4.56. The Kier molecular flexibility index (Phi) is 3.42. The van der Waals surface area contributed by atoms with Gasteiger partial charge in [-0.05, 0) is 47.9 Å². The van der Waals surface area contributed by atoms with E-state index in [0.29, 0.717) is 0 Å². The SMILES string of the molecule is c1ccc(-n2c3cccc4ccc5c(c43)c2cc2c3ccccc3n(-c3ccccc3)c25)cc1. The van der Waals surface area contributed by atoms with Gasteiger partial charge in [0.15, 0.2) is 0 Å². The highest BCUT2D eigenvalue weighted by Gasteiger charge is 2.22. The third kappa shape index (κ3) is 2.20. The largest absolute Gasteiger partial charge is 0.309 e. The van der Waals surface area contributed by atoms with Crippen molar-refractivity contribution in [1.29, 1.82) is 0 Å². The van der Waals surface area contributed by atoms with E-state index in [2.05, 4.69) is 130 Å². The van der Waals surface area contributed by atoms with Gasteiger partial charge in [0.2, 0.25) is 0 Å². The van der Waals surface area contributed by atoms with Gasteiger partial charge in [0.05, 0.1) is 22.1 Å². The van der Waals surface area contributed by atoms with Crippen molar-refractivity contribution < 1.29 is 0 Å². The first-order valence-electron chi connectivity index (χ1n) is 11.7. The van der Waals surface area contributed by atoms with Crippen molar-refractivity contribution in [2.24, 2.45) is 0 Å². The van der Waals surface area contributed by atoms with Gasteiger partial charge in [0.1, 0.15) is 0 Å². The van der Waals surface area contributed by atoms with Gasteiger partial charge in [-0.1, -0.05) is 78.9 Å². The quantitative estimate of drug-likeness (QED) is 0.242. The molecule has 0 bridgehead atoms. The summed E-state index contributed by atoms with van der Waals surface area (Å²) in [5.41, 5.74) is 7.41. The van der Waals surface area contributed by atoms with E-state index in [-0.39, 0.29) is 0 Å². The molecule has 0 unspecified atom stereocenters. The van der Waals surface area contributed by atoms with Crippen LogP contribution < -0.4 is 0 Å². The lowest BCUT2D eigenvalue weighted by Gasteiger charge is -2.11. The zero-order valence-corrected chi connectivity index (χ0v) is 18.4. The van der Waals surface area contributed by atoms with Gasteiger partial charge in [-0.2, -0.15) is 0 Å². The van der Waals surface area contributed by atoms with Crippen molar-refractivity contribution in [3.8, 4) is 11.4 Å². The van der Waals surface area contributed by atoms with Crippen molar-refractivity contribution in [2.45, 2.75) is 0 Å². The molecule has 0 aliphatic heterocycles. The van der Waals surface area contributed by atoms with E-state index in [1.807, 2.05) is 0 Å². The van der Waals surface area contributed by atoms with E-state index in [1.165, 1.54) is 65.8 Å². The second-order valence-electron chi connectivity index (χ2n) is 9.01. The summed E-state index contributed by atoms with van der Waals surface area (Å²) >= 11 is 0. The number of fused-ring (bicyclic) bond motifs is 4. The predicted molar refractivity (Wildman–Crippen MR) is 144 cm³/mol. The van der Waals surface area contributed by atoms with Gasteiger partial charge >= 0.3 is 0 Å². The monoisotopic (exact) mass is 432 g/mol. The van der Waals surface area contributed by atoms with Crippen molar-refractivity contribution in [1.82, 2.24) is 9.13 Å². The molecule has 0 radical (unpaired) electrons. The lowest BCUT2D eigenvalue weighted by molar-refractivity contribution is 1.18. The van der Waals surface area contributed by atoms with E-state index in [4.69, 9.17) is 0 Å². The van der Waals surface area contributed by atoms with Crippen molar-refractivity contribution in [2.75, 3.05) is 0 Å². The molecule has 2 nitrogen and oxygen atoms in total. The van der Waals surface area contributed by atoms with Crippen molar-refractivity contribution in [3.63, 3.8) is 0 Å². The number of nitrogens with zero attached hydrogens (tertiary/aromatic N) is 2. The molecule has 34 heavy (non-hydrogen) atoms. The van der Waals surface area contributed by atoms with Crippen LogP contribution in [0.4, 0.5) is 0 Å². The Bertz CT molecular complexity index is 1990. The standard InChI is InChI=1S/C32H20N2/c1-3-11-22(12-4-1)33-28-17-9-10-21-18-19-25-31(30(21)28)29(33)20-26-24-15-7-8-16-27(24)34(32(25)26)23-13-5-2-6-14-23/h1-20H. The molecule has 158 valence electrons. The number of rotatable bonds is 2. The van der Waals surface area contributed by atoms with Crippen LogP contribution in [0.3, 0.4) is 0 Å². The van der Waals surface area contributed by atoms with Crippen LogP contribution in [0.15, 0.2) is 121 Å². The fourth-order valence-electron chi connectivity index (χ4n) is 5.90. The fourth-order valence-corrected chi connectivity index (χ4v) is 5.90. The van der Waals surface area contributed by atoms with Gasteiger partial charge in [0, 0.05) is 38.3 Å². The molecular weight excluding hydrogens is 412 g/mol. The Morgan fingerprint density at radius 3 is 1.85 bits per heavy atom. The summed E-state index contributed by atoms with van der Waals surface area (Å²) in [7, 11) is 0. The smallest absolute Gasteiger partial charge is 0.0621 e. The Morgan fingerprint density at radius 1 is 0.382 bits per heavy atom. The summed E-state index contributed by atoms with van der Waals surface area (Å²) < 4.78 is 4.86. The maximum absolute atomic E-state index is 2.43. The van der Waals surface area contributed by atoms with Crippen LogP contribution in [-0.4, -0.2) is 9.13 Å². The summed E-state index contributed by atoms with van der Waals surface area (Å²) in [6.07, 6.45) is 0. The lowest BCUT2D eigenvalue weighted by atomic mass is 9.99. The Balaban J connectivity index is 1.68. The highest BCUT2D eigenvalue weighted by atomic mass is 15.0. The lowest BCUT2D eigenvalue weighted by Crippen LogP contribution is -1.95. The van der Waals surface area contributed by atoms with Crippen LogP contribution in [0, 0.1) is 0 Å². The summed E-state index contributed by atoms with van der Waals surface area (Å²) in [6.45, 7) is 0. The molecule has 0 atom stereocenters. The maximum atomic E-state index is 2.43. The second-order valence-corrected chi connectivity index (χ2v) is 9.01. The van der Waals surface area contributed by atoms with E-state index < -0.39 is 0 Å². The summed E-state index contributed by atoms with van der Waals surface area (Å²) in [5, 5.41) is 7.83. The Labute approximate surface area is 196 Å². The normalized spacial score (nSPS) is 12.1. The third-order valence-corrected chi connectivity index (χ3v) is 7.24. The average Bonchev–Trinajstić information content (AvgIpc) is 3.42. The molecule has 6 aromatic carbocycles. The molecule has 8 rings (SSSR count). The molecule has 0 aliphatic rings. The van der Waals surface area contributed by atoms with Gasteiger partial charge in [-0.3, -0.25) is 0 Å². The summed E-state index contributed by atoms with van der Waals surface area (Å²) in [5.74, 6) is 0. The van der Waals surface area contributed by atoms with E-state index in [0.717, 1.165) is 0 Å². The molecule has 2 heteroatoms. The van der Waals surface area contributed by atoms with E-state index in [9.17, 15) is 0 Å². The first kappa shape index (κ1) is 17.9. The molecule has 0 N–H and O–H groups in total. The minimum atomic E-state index is 1.19. The average molecular weight is 433 g/mol. The highest BCUT2D eigenvalue weighted by Crippen LogP contribution is 2.45. The molecule has 0 spiro atoms.